The van der Waals surface area contributed by atoms with E-state index in [0.29, 0.717) is 6.04 Å². The Kier molecular flexibility index (Phi) is 3.30. The lowest BCUT2D eigenvalue weighted by Gasteiger charge is -2.10. The maximum absolute atomic E-state index is 3.67. The van der Waals surface area contributed by atoms with Crippen LogP contribution in [0.25, 0.3) is 0 Å². The second-order valence-corrected chi connectivity index (χ2v) is 3.21. The van der Waals surface area contributed by atoms with Gasteiger partial charge in [-0.05, 0) is 32.4 Å². The summed E-state index contributed by atoms with van der Waals surface area (Å²) in [6.45, 7) is 5.88. The van der Waals surface area contributed by atoms with Crippen molar-refractivity contribution in [3.8, 4) is 0 Å². The third-order valence-corrected chi connectivity index (χ3v) is 2.44. The van der Waals surface area contributed by atoms with E-state index in [1.54, 1.807) is 0 Å². The van der Waals surface area contributed by atoms with Crippen LogP contribution in [0.2, 0.25) is 0 Å². The molecule has 0 unspecified atom stereocenters. The summed E-state index contributed by atoms with van der Waals surface area (Å²) in [4.78, 5) is 0. The first-order chi connectivity index (χ1) is 5.79. The summed E-state index contributed by atoms with van der Waals surface area (Å²) in [6.07, 6.45) is 8.46. The molecule has 0 bridgehead atoms. The van der Waals surface area contributed by atoms with Crippen LogP contribution in [0.15, 0.2) is 36.0 Å². The number of rotatable bonds is 3. The molecule has 1 aliphatic rings. The highest BCUT2D eigenvalue weighted by Gasteiger charge is 2.18. The Morgan fingerprint density at radius 2 is 2.33 bits per heavy atom. The second kappa shape index (κ2) is 4.27. The molecule has 0 aromatic carbocycles. The van der Waals surface area contributed by atoms with E-state index < -0.39 is 0 Å². The second-order valence-electron chi connectivity index (χ2n) is 3.21. The minimum Gasteiger partial charge on any atom is -0.313 e. The lowest BCUT2D eigenvalue weighted by molar-refractivity contribution is 0.635. The van der Waals surface area contributed by atoms with Crippen molar-refractivity contribution < 1.29 is 0 Å². The van der Waals surface area contributed by atoms with Gasteiger partial charge in [-0.1, -0.05) is 30.4 Å². The van der Waals surface area contributed by atoms with Crippen LogP contribution in [-0.2, 0) is 0 Å². The van der Waals surface area contributed by atoms with Gasteiger partial charge in [-0.3, -0.25) is 0 Å². The van der Waals surface area contributed by atoms with Crippen molar-refractivity contribution in [2.24, 2.45) is 0 Å². The molecule has 0 aromatic rings. The Labute approximate surface area is 74.9 Å². The summed E-state index contributed by atoms with van der Waals surface area (Å²) in [5.74, 6) is 0. The van der Waals surface area contributed by atoms with Gasteiger partial charge >= 0.3 is 0 Å². The van der Waals surface area contributed by atoms with Crippen LogP contribution >= 0.6 is 0 Å². The van der Waals surface area contributed by atoms with Gasteiger partial charge < -0.3 is 5.32 Å². The van der Waals surface area contributed by atoms with Crippen LogP contribution in [-0.4, -0.2) is 13.1 Å². The van der Waals surface area contributed by atoms with Crippen molar-refractivity contribution in [2.45, 2.75) is 25.8 Å². The molecule has 1 aliphatic carbocycles. The predicted octanol–water partition coefficient (Wildman–Crippen LogP) is 2.43. The molecule has 0 saturated carbocycles. The van der Waals surface area contributed by atoms with Crippen LogP contribution in [0, 0.1) is 0 Å². The lowest BCUT2D eigenvalue weighted by atomic mass is 10.1. The van der Waals surface area contributed by atoms with Crippen LogP contribution in [0.1, 0.15) is 19.8 Å². The zero-order valence-electron chi connectivity index (χ0n) is 7.93. The first kappa shape index (κ1) is 9.27. The number of hydrogen-bond acceptors (Lipinski definition) is 1. The van der Waals surface area contributed by atoms with E-state index >= 15 is 0 Å². The maximum atomic E-state index is 3.67. The number of likely N-dealkylation sites (N-methyl/N-ethyl adjacent to an activating group) is 1. The molecule has 1 N–H and O–H groups in total. The summed E-state index contributed by atoms with van der Waals surface area (Å²) < 4.78 is 0. The van der Waals surface area contributed by atoms with Gasteiger partial charge in [0.2, 0.25) is 0 Å². The number of hydrogen-bond donors (Lipinski definition) is 1. The first-order valence-corrected chi connectivity index (χ1v) is 4.45. The van der Waals surface area contributed by atoms with Gasteiger partial charge in [0.1, 0.15) is 0 Å². The summed E-state index contributed by atoms with van der Waals surface area (Å²) in [6, 6.07) is 0.557. The largest absolute Gasteiger partial charge is 0.313 e. The zero-order valence-corrected chi connectivity index (χ0v) is 7.93. The SMILES string of the molecule is C=C/C=C\C1=C(C)CC[C@@H]1NC. The summed E-state index contributed by atoms with van der Waals surface area (Å²) in [5.41, 5.74) is 2.95. The fourth-order valence-corrected chi connectivity index (χ4v) is 1.69. The Morgan fingerprint density at radius 1 is 1.58 bits per heavy atom. The molecule has 66 valence electrons. The third-order valence-electron chi connectivity index (χ3n) is 2.44. The molecule has 1 heteroatoms. The van der Waals surface area contributed by atoms with E-state index in [1.807, 2.05) is 19.2 Å². The molecule has 1 nitrogen and oxygen atoms in total. The third kappa shape index (κ3) is 1.86. The topological polar surface area (TPSA) is 12.0 Å². The van der Waals surface area contributed by atoms with Crippen molar-refractivity contribution in [1.29, 1.82) is 0 Å². The average molecular weight is 163 g/mol. The normalized spacial score (nSPS) is 24.0. The van der Waals surface area contributed by atoms with E-state index in [9.17, 15) is 0 Å². The molecule has 0 aliphatic heterocycles. The van der Waals surface area contributed by atoms with Gasteiger partial charge in [-0.2, -0.15) is 0 Å². The molecule has 12 heavy (non-hydrogen) atoms. The Morgan fingerprint density at radius 3 is 2.92 bits per heavy atom. The van der Waals surface area contributed by atoms with Crippen LogP contribution < -0.4 is 5.32 Å². The molecule has 0 radical (unpaired) electrons. The highest BCUT2D eigenvalue weighted by Crippen LogP contribution is 2.26. The summed E-state index contributed by atoms with van der Waals surface area (Å²) in [7, 11) is 2.02. The van der Waals surface area contributed by atoms with Gasteiger partial charge in [0.15, 0.2) is 0 Å². The smallest absolute Gasteiger partial charge is 0.0320 e. The van der Waals surface area contributed by atoms with Crippen LogP contribution in [0.4, 0.5) is 0 Å². The van der Waals surface area contributed by atoms with E-state index in [2.05, 4.69) is 24.9 Å². The highest BCUT2D eigenvalue weighted by molar-refractivity contribution is 5.35. The van der Waals surface area contributed by atoms with Gasteiger partial charge in [0.05, 0.1) is 0 Å². The van der Waals surface area contributed by atoms with Gasteiger partial charge in [-0.15, -0.1) is 0 Å². The quantitative estimate of drug-likeness (QED) is 0.630. The molecular formula is C11H17N. The minimum absolute atomic E-state index is 0.557. The van der Waals surface area contributed by atoms with E-state index in [1.165, 1.54) is 24.0 Å². The van der Waals surface area contributed by atoms with Gasteiger partial charge in [0, 0.05) is 6.04 Å². The first-order valence-electron chi connectivity index (χ1n) is 4.45. The Hall–Kier alpha value is -0.820. The van der Waals surface area contributed by atoms with Gasteiger partial charge in [0.25, 0.3) is 0 Å². The standard InChI is InChI=1S/C11H17N/c1-4-5-6-10-9(2)7-8-11(10)12-3/h4-6,11-12H,1,7-8H2,2-3H3/b6-5-/t11-/m0/s1. The molecule has 0 fully saturated rings. The Bertz CT molecular complexity index is 223. The molecule has 0 heterocycles. The molecule has 1 atom stereocenters. The maximum Gasteiger partial charge on any atom is 0.0320 e. The van der Waals surface area contributed by atoms with Crippen LogP contribution in [0.3, 0.4) is 0 Å². The van der Waals surface area contributed by atoms with E-state index in [4.69, 9.17) is 0 Å². The van der Waals surface area contributed by atoms with Gasteiger partial charge in [-0.25, -0.2) is 0 Å². The molecule has 1 rings (SSSR count). The fraction of sp³-hybridized carbons (Fsp3) is 0.455. The molecule has 0 saturated heterocycles. The number of nitrogens with one attached hydrogen (secondary N) is 1. The average Bonchev–Trinajstić information content (AvgIpc) is 2.43. The van der Waals surface area contributed by atoms with Crippen molar-refractivity contribution in [1.82, 2.24) is 5.32 Å². The van der Waals surface area contributed by atoms with Crippen molar-refractivity contribution in [2.75, 3.05) is 7.05 Å². The monoisotopic (exact) mass is 163 g/mol. The Balaban J connectivity index is 2.75. The zero-order chi connectivity index (χ0) is 8.97. The molecule has 0 amide bonds. The predicted molar refractivity (Wildman–Crippen MR) is 54.1 cm³/mol. The minimum atomic E-state index is 0.557. The van der Waals surface area contributed by atoms with Crippen LogP contribution in [0.5, 0.6) is 0 Å². The highest BCUT2D eigenvalue weighted by atomic mass is 14.9. The summed E-state index contributed by atoms with van der Waals surface area (Å²) >= 11 is 0. The van der Waals surface area contributed by atoms with E-state index in [0.717, 1.165) is 0 Å². The fourth-order valence-electron chi connectivity index (χ4n) is 1.69. The van der Waals surface area contributed by atoms with Crippen molar-refractivity contribution in [3.63, 3.8) is 0 Å². The molecule has 0 aromatic heterocycles. The number of allylic oxidation sites excluding steroid dienone is 3. The van der Waals surface area contributed by atoms with E-state index in [-0.39, 0.29) is 0 Å². The molecular weight excluding hydrogens is 146 g/mol. The van der Waals surface area contributed by atoms with Crippen molar-refractivity contribution >= 4 is 0 Å². The van der Waals surface area contributed by atoms with Crippen molar-refractivity contribution in [3.05, 3.63) is 36.0 Å². The summed E-state index contributed by atoms with van der Waals surface area (Å²) in [5, 5.41) is 3.31. The lowest BCUT2D eigenvalue weighted by Crippen LogP contribution is -2.23. The molecule has 0 spiro atoms.